The van der Waals surface area contributed by atoms with Crippen molar-refractivity contribution in [3.63, 3.8) is 0 Å². The van der Waals surface area contributed by atoms with E-state index in [1.54, 1.807) is 31.2 Å². The number of aliphatic hydroxyl groups excluding tert-OH is 2. The summed E-state index contributed by atoms with van der Waals surface area (Å²) in [6, 6.07) is 6.98. The van der Waals surface area contributed by atoms with Crippen molar-refractivity contribution in [2.45, 2.75) is 13.0 Å². The lowest BCUT2D eigenvalue weighted by Gasteiger charge is -2.16. The molecule has 0 aliphatic rings. The summed E-state index contributed by atoms with van der Waals surface area (Å²) in [5.41, 5.74) is 0.783. The molecule has 2 atom stereocenters. The second kappa shape index (κ2) is 4.61. The molecular weight excluding hydrogens is 188 g/mol. The Morgan fingerprint density at radius 3 is 2.31 bits per heavy atom. The van der Waals surface area contributed by atoms with Gasteiger partial charge < -0.3 is 10.2 Å². The third-order valence-electron chi connectivity index (χ3n) is 2.04. The molecule has 3 heteroatoms. The summed E-state index contributed by atoms with van der Waals surface area (Å²) in [6.45, 7) is 1.77. The van der Waals surface area contributed by atoms with Crippen molar-refractivity contribution >= 4 is 11.6 Å². The van der Waals surface area contributed by atoms with Crippen LogP contribution in [0, 0.1) is 5.92 Å². The molecule has 2 nitrogen and oxygen atoms in total. The molecule has 0 aromatic heterocycles. The summed E-state index contributed by atoms with van der Waals surface area (Å²) in [7, 11) is 0. The van der Waals surface area contributed by atoms with E-state index < -0.39 is 6.10 Å². The first-order valence-electron chi connectivity index (χ1n) is 4.19. The average molecular weight is 201 g/mol. The number of aliphatic hydroxyl groups is 2. The van der Waals surface area contributed by atoms with Gasteiger partial charge in [-0.25, -0.2) is 0 Å². The van der Waals surface area contributed by atoms with Crippen LogP contribution in [0.2, 0.25) is 5.02 Å². The number of benzene rings is 1. The van der Waals surface area contributed by atoms with Crippen molar-refractivity contribution in [1.82, 2.24) is 0 Å². The molecule has 0 fully saturated rings. The molecule has 0 aliphatic carbocycles. The topological polar surface area (TPSA) is 40.5 Å². The van der Waals surface area contributed by atoms with E-state index in [1.165, 1.54) is 0 Å². The molecular formula is C10H13ClO2. The zero-order chi connectivity index (χ0) is 9.84. The summed E-state index contributed by atoms with van der Waals surface area (Å²) in [6.07, 6.45) is -0.623. The minimum atomic E-state index is -0.623. The second-order valence-electron chi connectivity index (χ2n) is 3.16. The first kappa shape index (κ1) is 10.5. The lowest BCUT2D eigenvalue weighted by molar-refractivity contribution is 0.0770. The number of halogens is 1. The summed E-state index contributed by atoms with van der Waals surface area (Å²) in [4.78, 5) is 0. The molecule has 0 saturated carbocycles. The smallest absolute Gasteiger partial charge is 0.0837 e. The Kier molecular flexibility index (Phi) is 3.72. The van der Waals surface area contributed by atoms with Crippen molar-refractivity contribution in [3.8, 4) is 0 Å². The highest BCUT2D eigenvalue weighted by atomic mass is 35.5. The number of hydrogen-bond acceptors (Lipinski definition) is 2. The van der Waals surface area contributed by atoms with Gasteiger partial charge in [-0.3, -0.25) is 0 Å². The predicted octanol–water partition coefficient (Wildman–Crippen LogP) is 2.00. The Hall–Kier alpha value is -0.570. The normalized spacial score (nSPS) is 15.4. The van der Waals surface area contributed by atoms with Gasteiger partial charge in [0, 0.05) is 17.5 Å². The molecule has 13 heavy (non-hydrogen) atoms. The van der Waals surface area contributed by atoms with E-state index in [-0.39, 0.29) is 12.5 Å². The molecule has 1 rings (SSSR count). The molecule has 0 amide bonds. The van der Waals surface area contributed by atoms with E-state index in [9.17, 15) is 5.11 Å². The molecule has 0 spiro atoms. The minimum Gasteiger partial charge on any atom is -0.396 e. The summed E-state index contributed by atoms with van der Waals surface area (Å²) >= 11 is 5.70. The van der Waals surface area contributed by atoms with Gasteiger partial charge in [-0.15, -0.1) is 0 Å². The van der Waals surface area contributed by atoms with Gasteiger partial charge >= 0.3 is 0 Å². The third-order valence-corrected chi connectivity index (χ3v) is 2.29. The Bertz CT molecular complexity index is 258. The van der Waals surface area contributed by atoms with Crippen LogP contribution in [0.15, 0.2) is 24.3 Å². The van der Waals surface area contributed by atoms with Crippen molar-refractivity contribution in [2.75, 3.05) is 6.61 Å². The summed E-state index contributed by atoms with van der Waals surface area (Å²) in [5, 5.41) is 19.2. The monoisotopic (exact) mass is 200 g/mol. The Balaban J connectivity index is 2.77. The second-order valence-corrected chi connectivity index (χ2v) is 3.59. The molecule has 2 N–H and O–H groups in total. The maximum atomic E-state index is 9.68. The van der Waals surface area contributed by atoms with Crippen molar-refractivity contribution in [2.24, 2.45) is 5.92 Å². The zero-order valence-electron chi connectivity index (χ0n) is 7.44. The van der Waals surface area contributed by atoms with Crippen LogP contribution in [0.4, 0.5) is 0 Å². The highest BCUT2D eigenvalue weighted by Crippen LogP contribution is 2.22. The van der Waals surface area contributed by atoms with Gasteiger partial charge in [0.2, 0.25) is 0 Å². The Morgan fingerprint density at radius 2 is 1.85 bits per heavy atom. The van der Waals surface area contributed by atoms with Crippen LogP contribution in [0.25, 0.3) is 0 Å². The summed E-state index contributed by atoms with van der Waals surface area (Å²) in [5.74, 6) is -0.152. The van der Waals surface area contributed by atoms with Crippen LogP contribution in [0.3, 0.4) is 0 Å². The van der Waals surface area contributed by atoms with E-state index in [0.717, 1.165) is 5.56 Å². The fraction of sp³-hybridized carbons (Fsp3) is 0.400. The van der Waals surface area contributed by atoms with E-state index in [4.69, 9.17) is 16.7 Å². The van der Waals surface area contributed by atoms with E-state index in [2.05, 4.69) is 0 Å². The average Bonchev–Trinajstić information content (AvgIpc) is 2.17. The van der Waals surface area contributed by atoms with Gasteiger partial charge in [-0.1, -0.05) is 30.7 Å². The highest BCUT2D eigenvalue weighted by molar-refractivity contribution is 6.30. The van der Waals surface area contributed by atoms with E-state index in [0.29, 0.717) is 5.02 Å². The zero-order valence-corrected chi connectivity index (χ0v) is 8.20. The molecule has 0 radical (unpaired) electrons. The van der Waals surface area contributed by atoms with Crippen LogP contribution in [-0.2, 0) is 0 Å². The van der Waals surface area contributed by atoms with Crippen molar-refractivity contribution < 1.29 is 10.2 Å². The Labute approximate surface area is 82.8 Å². The highest BCUT2D eigenvalue weighted by Gasteiger charge is 2.14. The van der Waals surface area contributed by atoms with E-state index in [1.807, 2.05) is 0 Å². The lowest BCUT2D eigenvalue weighted by atomic mass is 9.98. The standard InChI is InChI=1S/C10H13ClO2/c1-7(6-12)10(13)8-2-4-9(11)5-3-8/h2-5,7,10,12-13H,6H2,1H3. The predicted molar refractivity (Wildman–Crippen MR) is 52.7 cm³/mol. The largest absolute Gasteiger partial charge is 0.396 e. The van der Waals surface area contributed by atoms with E-state index >= 15 is 0 Å². The van der Waals surface area contributed by atoms with Gasteiger partial charge in [-0.05, 0) is 17.7 Å². The first-order chi connectivity index (χ1) is 6.15. The van der Waals surface area contributed by atoms with Crippen LogP contribution in [0.5, 0.6) is 0 Å². The fourth-order valence-electron chi connectivity index (χ4n) is 1.09. The first-order valence-corrected chi connectivity index (χ1v) is 4.57. The molecule has 0 bridgehead atoms. The Morgan fingerprint density at radius 1 is 1.31 bits per heavy atom. The quantitative estimate of drug-likeness (QED) is 0.784. The van der Waals surface area contributed by atoms with Gasteiger partial charge in [-0.2, -0.15) is 0 Å². The third kappa shape index (κ3) is 2.69. The van der Waals surface area contributed by atoms with Gasteiger partial charge in [0.05, 0.1) is 6.10 Å². The van der Waals surface area contributed by atoms with Crippen LogP contribution in [-0.4, -0.2) is 16.8 Å². The molecule has 2 unspecified atom stereocenters. The minimum absolute atomic E-state index is 0.0240. The van der Waals surface area contributed by atoms with Gasteiger partial charge in [0.1, 0.15) is 0 Å². The van der Waals surface area contributed by atoms with Gasteiger partial charge in [0.15, 0.2) is 0 Å². The number of rotatable bonds is 3. The molecule has 1 aromatic rings. The molecule has 72 valence electrons. The molecule has 0 saturated heterocycles. The number of hydrogen-bond donors (Lipinski definition) is 2. The molecule has 0 aliphatic heterocycles. The van der Waals surface area contributed by atoms with Crippen LogP contribution in [0.1, 0.15) is 18.6 Å². The fourth-order valence-corrected chi connectivity index (χ4v) is 1.21. The van der Waals surface area contributed by atoms with Crippen molar-refractivity contribution in [3.05, 3.63) is 34.9 Å². The van der Waals surface area contributed by atoms with Crippen LogP contribution >= 0.6 is 11.6 Å². The SMILES string of the molecule is CC(CO)C(O)c1ccc(Cl)cc1. The summed E-state index contributed by atoms with van der Waals surface area (Å²) < 4.78 is 0. The molecule has 0 heterocycles. The maximum absolute atomic E-state index is 9.68. The lowest BCUT2D eigenvalue weighted by Crippen LogP contribution is -2.12. The molecule has 1 aromatic carbocycles. The van der Waals surface area contributed by atoms with Gasteiger partial charge in [0.25, 0.3) is 0 Å². The van der Waals surface area contributed by atoms with Crippen molar-refractivity contribution in [1.29, 1.82) is 0 Å². The maximum Gasteiger partial charge on any atom is 0.0837 e. The van der Waals surface area contributed by atoms with Crippen LogP contribution < -0.4 is 0 Å².